The average Bonchev–Trinajstić information content (AvgIpc) is 2.92. The molecular weight excluding hydrogens is 264 g/mol. The van der Waals surface area contributed by atoms with Gasteiger partial charge in [-0.3, -0.25) is 4.79 Å². The van der Waals surface area contributed by atoms with Crippen LogP contribution in [-0.4, -0.2) is 6.29 Å². The van der Waals surface area contributed by atoms with E-state index in [1.807, 2.05) is 54.6 Å². The van der Waals surface area contributed by atoms with Crippen LogP contribution in [0.2, 0.25) is 0 Å². The molecule has 1 nitrogen and oxygen atoms in total. The van der Waals surface area contributed by atoms with Crippen molar-refractivity contribution in [3.05, 3.63) is 82.7 Å². The minimum absolute atomic E-state index is 0.784. The predicted octanol–water partition coefficient (Wildman–Crippen LogP) is 4.82. The van der Waals surface area contributed by atoms with Crippen molar-refractivity contribution in [2.45, 2.75) is 6.42 Å². The molecule has 98 valence electrons. The minimum atomic E-state index is 0.784. The molecule has 2 aromatic carbocycles. The Morgan fingerprint density at radius 2 is 1.55 bits per heavy atom. The van der Waals surface area contributed by atoms with Crippen molar-refractivity contribution in [3.63, 3.8) is 0 Å². The van der Waals surface area contributed by atoms with E-state index in [1.54, 1.807) is 11.3 Å². The highest BCUT2D eigenvalue weighted by molar-refractivity contribution is 7.16. The largest absolute Gasteiger partial charge is 0.298 e. The number of benzene rings is 2. The summed E-state index contributed by atoms with van der Waals surface area (Å²) in [5, 5.41) is 0. The molecule has 1 heterocycles. The molecule has 0 saturated heterocycles. The first-order chi connectivity index (χ1) is 9.86. The lowest BCUT2D eigenvalue weighted by Gasteiger charge is -1.98. The molecule has 0 radical (unpaired) electrons. The number of hydrogen-bond acceptors (Lipinski definition) is 2. The van der Waals surface area contributed by atoms with Crippen LogP contribution in [0.25, 0.3) is 10.4 Å². The molecule has 0 aliphatic heterocycles. The molecule has 0 atom stereocenters. The molecule has 0 unspecified atom stereocenters. The highest BCUT2D eigenvalue weighted by Gasteiger charge is 2.10. The second kappa shape index (κ2) is 5.85. The van der Waals surface area contributed by atoms with Gasteiger partial charge in [0.15, 0.2) is 6.29 Å². The summed E-state index contributed by atoms with van der Waals surface area (Å²) in [5.41, 5.74) is 3.16. The summed E-state index contributed by atoms with van der Waals surface area (Å²) in [6, 6.07) is 22.4. The van der Waals surface area contributed by atoms with Crippen molar-refractivity contribution in [3.8, 4) is 10.4 Å². The van der Waals surface area contributed by atoms with Crippen LogP contribution in [-0.2, 0) is 6.42 Å². The van der Waals surface area contributed by atoms with Crippen molar-refractivity contribution >= 4 is 17.6 Å². The van der Waals surface area contributed by atoms with Gasteiger partial charge in [0.05, 0.1) is 0 Å². The minimum Gasteiger partial charge on any atom is -0.298 e. The Labute approximate surface area is 122 Å². The van der Waals surface area contributed by atoms with Gasteiger partial charge in [-0.15, -0.1) is 11.3 Å². The topological polar surface area (TPSA) is 17.1 Å². The third-order valence-electron chi connectivity index (χ3n) is 3.20. The van der Waals surface area contributed by atoms with Crippen LogP contribution in [0.3, 0.4) is 0 Å². The maximum Gasteiger partial charge on any atom is 0.151 e. The maximum absolute atomic E-state index is 11.3. The zero-order chi connectivity index (χ0) is 13.8. The summed E-state index contributed by atoms with van der Waals surface area (Å²) >= 11 is 1.70. The van der Waals surface area contributed by atoms with Crippen LogP contribution < -0.4 is 0 Å². The molecule has 0 aliphatic carbocycles. The van der Waals surface area contributed by atoms with E-state index in [-0.39, 0.29) is 0 Å². The van der Waals surface area contributed by atoms with Crippen molar-refractivity contribution < 1.29 is 4.79 Å². The molecule has 0 N–H and O–H groups in total. The number of aldehydes is 1. The van der Waals surface area contributed by atoms with Gasteiger partial charge >= 0.3 is 0 Å². The van der Waals surface area contributed by atoms with Gasteiger partial charge in [0.2, 0.25) is 0 Å². The van der Waals surface area contributed by atoms with Crippen molar-refractivity contribution in [1.29, 1.82) is 0 Å². The Balaban J connectivity index is 1.95. The van der Waals surface area contributed by atoms with Gasteiger partial charge in [-0.05, 0) is 17.2 Å². The molecule has 0 fully saturated rings. The molecule has 2 heteroatoms. The molecule has 0 spiro atoms. The Morgan fingerprint density at radius 1 is 0.900 bits per heavy atom. The highest BCUT2D eigenvalue weighted by Crippen LogP contribution is 2.32. The quantitative estimate of drug-likeness (QED) is 0.625. The van der Waals surface area contributed by atoms with E-state index in [0.29, 0.717) is 0 Å². The van der Waals surface area contributed by atoms with Crippen LogP contribution in [0.15, 0.2) is 66.7 Å². The third kappa shape index (κ3) is 2.70. The molecule has 0 aliphatic rings. The number of hydrogen-bond donors (Lipinski definition) is 0. The molecule has 1 aromatic heterocycles. The average molecular weight is 278 g/mol. The van der Waals surface area contributed by atoms with Gasteiger partial charge in [0.1, 0.15) is 0 Å². The lowest BCUT2D eigenvalue weighted by atomic mass is 10.1. The molecule has 20 heavy (non-hydrogen) atoms. The van der Waals surface area contributed by atoms with Gasteiger partial charge in [-0.1, -0.05) is 60.7 Å². The molecule has 0 saturated carbocycles. The standard InChI is InChI=1S/C18H14OS/c19-13-16-12-17(11-14-7-3-1-4-8-14)20-18(16)15-9-5-2-6-10-15/h1-10,12-13H,11H2. The normalized spacial score (nSPS) is 10.4. The van der Waals surface area contributed by atoms with E-state index in [2.05, 4.69) is 12.1 Å². The van der Waals surface area contributed by atoms with Gasteiger partial charge in [-0.2, -0.15) is 0 Å². The molecule has 3 aromatic rings. The summed E-state index contributed by atoms with van der Waals surface area (Å²) in [7, 11) is 0. The lowest BCUT2D eigenvalue weighted by Crippen LogP contribution is -1.82. The highest BCUT2D eigenvalue weighted by atomic mass is 32.1. The lowest BCUT2D eigenvalue weighted by molar-refractivity contribution is 0.112. The maximum atomic E-state index is 11.3. The summed E-state index contributed by atoms with van der Waals surface area (Å²) in [4.78, 5) is 13.6. The fraction of sp³-hybridized carbons (Fsp3) is 0.0556. The summed E-state index contributed by atoms with van der Waals surface area (Å²) in [6.45, 7) is 0. The second-order valence-corrected chi connectivity index (χ2v) is 5.78. The van der Waals surface area contributed by atoms with E-state index >= 15 is 0 Å². The summed E-state index contributed by atoms with van der Waals surface area (Å²) in [6.07, 6.45) is 1.83. The SMILES string of the molecule is O=Cc1cc(Cc2ccccc2)sc1-c1ccccc1. The number of carbonyl (C=O) groups excluding carboxylic acids is 1. The fourth-order valence-electron chi connectivity index (χ4n) is 2.25. The Kier molecular flexibility index (Phi) is 3.75. The molecular formula is C18H14OS. The summed E-state index contributed by atoms with van der Waals surface area (Å²) in [5.74, 6) is 0. The van der Waals surface area contributed by atoms with E-state index in [9.17, 15) is 4.79 Å². The van der Waals surface area contributed by atoms with Crippen molar-refractivity contribution in [1.82, 2.24) is 0 Å². The fourth-order valence-corrected chi connectivity index (χ4v) is 3.41. The van der Waals surface area contributed by atoms with E-state index in [0.717, 1.165) is 28.7 Å². The monoisotopic (exact) mass is 278 g/mol. The second-order valence-electron chi connectivity index (χ2n) is 4.64. The Bertz CT molecular complexity index is 699. The molecule has 0 amide bonds. The van der Waals surface area contributed by atoms with E-state index in [4.69, 9.17) is 0 Å². The molecule has 3 rings (SSSR count). The Morgan fingerprint density at radius 3 is 2.20 bits per heavy atom. The van der Waals surface area contributed by atoms with Gasteiger partial charge < -0.3 is 0 Å². The van der Waals surface area contributed by atoms with Crippen molar-refractivity contribution in [2.75, 3.05) is 0 Å². The Hall–Kier alpha value is -2.19. The van der Waals surface area contributed by atoms with E-state index in [1.165, 1.54) is 10.4 Å². The van der Waals surface area contributed by atoms with Crippen LogP contribution in [0.5, 0.6) is 0 Å². The molecule has 0 bridgehead atoms. The first-order valence-corrected chi connectivity index (χ1v) is 7.35. The third-order valence-corrected chi connectivity index (χ3v) is 4.40. The smallest absolute Gasteiger partial charge is 0.151 e. The van der Waals surface area contributed by atoms with Crippen LogP contribution >= 0.6 is 11.3 Å². The first kappa shape index (κ1) is 12.8. The van der Waals surface area contributed by atoms with Crippen LogP contribution in [0.4, 0.5) is 0 Å². The van der Waals surface area contributed by atoms with Crippen LogP contribution in [0.1, 0.15) is 20.8 Å². The van der Waals surface area contributed by atoms with Crippen LogP contribution in [0, 0.1) is 0 Å². The van der Waals surface area contributed by atoms with Gasteiger partial charge in [0, 0.05) is 21.7 Å². The zero-order valence-corrected chi connectivity index (χ0v) is 11.8. The zero-order valence-electron chi connectivity index (χ0n) is 11.0. The predicted molar refractivity (Wildman–Crippen MR) is 84.4 cm³/mol. The first-order valence-electron chi connectivity index (χ1n) is 6.54. The number of rotatable bonds is 4. The van der Waals surface area contributed by atoms with Gasteiger partial charge in [-0.25, -0.2) is 0 Å². The van der Waals surface area contributed by atoms with Crippen molar-refractivity contribution in [2.24, 2.45) is 0 Å². The van der Waals surface area contributed by atoms with E-state index < -0.39 is 0 Å². The number of carbonyl (C=O) groups is 1. The van der Waals surface area contributed by atoms with Gasteiger partial charge in [0.25, 0.3) is 0 Å². The number of thiophene rings is 1. The summed E-state index contributed by atoms with van der Waals surface area (Å²) < 4.78 is 0.